The average molecular weight is 362 g/mol. The zero-order chi connectivity index (χ0) is 15.5. The molecule has 0 aliphatic heterocycles. The summed E-state index contributed by atoms with van der Waals surface area (Å²) in [6, 6.07) is 9.91. The molecule has 0 bridgehead atoms. The molecule has 22 heavy (non-hydrogen) atoms. The third kappa shape index (κ3) is 2.83. The molecule has 2 aromatic heterocycles. The zero-order valence-corrected chi connectivity index (χ0v) is 13.8. The smallest absolute Gasteiger partial charge is 0.267 e. The van der Waals surface area contributed by atoms with E-state index in [0.717, 1.165) is 23.1 Å². The second kappa shape index (κ2) is 6.44. The molecular weight excluding hydrogens is 346 g/mol. The third-order valence-electron chi connectivity index (χ3n) is 3.56. The number of nitrogens with zero attached hydrogens (tertiary/aromatic N) is 3. The minimum atomic E-state index is -0.0859. The standard InChI is InChI=1S/C16H16BrN3O2/c1-11-14-15(22-19-11)18-13(8-5-9-17)20(16(14)21)10-12-6-3-2-4-7-12/h2-4,6-7H,5,8-10H2,1H3. The van der Waals surface area contributed by atoms with Crippen LogP contribution in [0.2, 0.25) is 0 Å². The van der Waals surface area contributed by atoms with E-state index in [1.54, 1.807) is 11.5 Å². The van der Waals surface area contributed by atoms with Crippen molar-refractivity contribution in [2.24, 2.45) is 0 Å². The zero-order valence-electron chi connectivity index (χ0n) is 12.3. The second-order valence-corrected chi connectivity index (χ2v) is 5.94. The first kappa shape index (κ1) is 15.0. The van der Waals surface area contributed by atoms with Gasteiger partial charge in [-0.15, -0.1) is 0 Å². The number of fused-ring (bicyclic) bond motifs is 1. The number of aryl methyl sites for hydroxylation is 2. The summed E-state index contributed by atoms with van der Waals surface area (Å²) in [5.41, 5.74) is 1.90. The highest BCUT2D eigenvalue weighted by molar-refractivity contribution is 9.09. The molecule has 0 fully saturated rings. The molecular formula is C16H16BrN3O2. The van der Waals surface area contributed by atoms with Gasteiger partial charge in [0, 0.05) is 11.8 Å². The van der Waals surface area contributed by atoms with Crippen LogP contribution in [-0.2, 0) is 13.0 Å². The first-order valence-corrected chi connectivity index (χ1v) is 8.28. The van der Waals surface area contributed by atoms with E-state index in [0.29, 0.717) is 29.8 Å². The summed E-state index contributed by atoms with van der Waals surface area (Å²) >= 11 is 3.42. The van der Waals surface area contributed by atoms with Crippen LogP contribution in [0, 0.1) is 6.92 Å². The van der Waals surface area contributed by atoms with Crippen LogP contribution in [0.1, 0.15) is 23.5 Å². The molecule has 0 aliphatic rings. The molecule has 3 rings (SSSR count). The van der Waals surface area contributed by atoms with Gasteiger partial charge < -0.3 is 4.52 Å². The maximum absolute atomic E-state index is 12.8. The van der Waals surface area contributed by atoms with Gasteiger partial charge in [-0.1, -0.05) is 51.4 Å². The number of rotatable bonds is 5. The number of hydrogen-bond donors (Lipinski definition) is 0. The van der Waals surface area contributed by atoms with Crippen molar-refractivity contribution in [3.63, 3.8) is 0 Å². The Kier molecular flexibility index (Phi) is 4.38. The number of halogens is 1. The van der Waals surface area contributed by atoms with Crippen LogP contribution in [0.25, 0.3) is 11.1 Å². The van der Waals surface area contributed by atoms with E-state index >= 15 is 0 Å². The molecule has 5 nitrogen and oxygen atoms in total. The highest BCUT2D eigenvalue weighted by atomic mass is 79.9. The Hall–Kier alpha value is -1.95. The van der Waals surface area contributed by atoms with E-state index in [1.807, 2.05) is 30.3 Å². The molecule has 114 valence electrons. The van der Waals surface area contributed by atoms with Gasteiger partial charge in [0.25, 0.3) is 11.3 Å². The lowest BCUT2D eigenvalue weighted by Crippen LogP contribution is -2.26. The maximum Gasteiger partial charge on any atom is 0.267 e. The van der Waals surface area contributed by atoms with Gasteiger partial charge in [0.2, 0.25) is 0 Å². The molecule has 0 atom stereocenters. The Morgan fingerprint density at radius 3 is 2.77 bits per heavy atom. The van der Waals surface area contributed by atoms with Crippen LogP contribution >= 0.6 is 15.9 Å². The molecule has 0 saturated heterocycles. The van der Waals surface area contributed by atoms with E-state index in [-0.39, 0.29) is 5.56 Å². The molecule has 0 N–H and O–H groups in total. The fourth-order valence-corrected chi connectivity index (χ4v) is 2.74. The Labute approximate surface area is 136 Å². The summed E-state index contributed by atoms with van der Waals surface area (Å²) in [4.78, 5) is 17.3. The van der Waals surface area contributed by atoms with E-state index in [2.05, 4.69) is 26.1 Å². The van der Waals surface area contributed by atoms with Crippen LogP contribution in [0.15, 0.2) is 39.6 Å². The Bertz CT molecular complexity index is 840. The van der Waals surface area contributed by atoms with Gasteiger partial charge in [0.1, 0.15) is 11.2 Å². The van der Waals surface area contributed by atoms with Crippen LogP contribution < -0.4 is 5.56 Å². The van der Waals surface area contributed by atoms with Gasteiger partial charge in [0.05, 0.1) is 12.2 Å². The average Bonchev–Trinajstić information content (AvgIpc) is 2.90. The maximum atomic E-state index is 12.8. The third-order valence-corrected chi connectivity index (χ3v) is 4.12. The van der Waals surface area contributed by atoms with E-state index in [9.17, 15) is 4.79 Å². The van der Waals surface area contributed by atoms with Crippen LogP contribution in [0.5, 0.6) is 0 Å². The van der Waals surface area contributed by atoms with Crippen LogP contribution in [-0.4, -0.2) is 20.0 Å². The van der Waals surface area contributed by atoms with Crippen molar-refractivity contribution in [2.75, 3.05) is 5.33 Å². The van der Waals surface area contributed by atoms with E-state index in [4.69, 9.17) is 4.52 Å². The van der Waals surface area contributed by atoms with Gasteiger partial charge in [0.15, 0.2) is 0 Å². The van der Waals surface area contributed by atoms with Crippen LogP contribution in [0.4, 0.5) is 0 Å². The summed E-state index contributed by atoms with van der Waals surface area (Å²) in [5, 5.41) is 5.20. The SMILES string of the molecule is Cc1noc2nc(CCCBr)n(Cc3ccccc3)c(=O)c12. The summed E-state index contributed by atoms with van der Waals surface area (Å²) in [5.74, 6) is 0.733. The minimum absolute atomic E-state index is 0.0859. The van der Waals surface area contributed by atoms with Gasteiger partial charge in [-0.05, 0) is 18.9 Å². The topological polar surface area (TPSA) is 60.9 Å². The van der Waals surface area contributed by atoms with Crippen LogP contribution in [0.3, 0.4) is 0 Å². The summed E-state index contributed by atoms with van der Waals surface area (Å²) in [7, 11) is 0. The summed E-state index contributed by atoms with van der Waals surface area (Å²) in [6.07, 6.45) is 1.61. The molecule has 0 amide bonds. The predicted molar refractivity (Wildman–Crippen MR) is 88.5 cm³/mol. The fourth-order valence-electron chi connectivity index (χ4n) is 2.45. The Morgan fingerprint density at radius 2 is 2.05 bits per heavy atom. The Balaban J connectivity index is 2.13. The molecule has 2 heterocycles. The largest absolute Gasteiger partial charge is 0.335 e. The first-order valence-electron chi connectivity index (χ1n) is 7.16. The lowest BCUT2D eigenvalue weighted by molar-refractivity contribution is 0.440. The van der Waals surface area contributed by atoms with Crippen molar-refractivity contribution in [3.05, 3.63) is 57.8 Å². The van der Waals surface area contributed by atoms with Crippen molar-refractivity contribution >= 4 is 27.0 Å². The molecule has 0 aliphatic carbocycles. The van der Waals surface area contributed by atoms with Gasteiger partial charge in [-0.3, -0.25) is 9.36 Å². The molecule has 3 aromatic rings. The number of alkyl halides is 1. The van der Waals surface area contributed by atoms with E-state index < -0.39 is 0 Å². The summed E-state index contributed by atoms with van der Waals surface area (Å²) in [6.45, 7) is 2.27. The van der Waals surface area contributed by atoms with Crippen molar-refractivity contribution < 1.29 is 4.52 Å². The van der Waals surface area contributed by atoms with Crippen molar-refractivity contribution in [2.45, 2.75) is 26.3 Å². The highest BCUT2D eigenvalue weighted by Crippen LogP contribution is 2.14. The molecule has 0 radical (unpaired) electrons. The first-order chi connectivity index (χ1) is 10.7. The van der Waals surface area contributed by atoms with Crippen molar-refractivity contribution in [1.29, 1.82) is 0 Å². The summed E-state index contributed by atoms with van der Waals surface area (Å²) < 4.78 is 6.90. The molecule has 0 unspecified atom stereocenters. The highest BCUT2D eigenvalue weighted by Gasteiger charge is 2.16. The lowest BCUT2D eigenvalue weighted by Gasteiger charge is -2.11. The molecule has 0 saturated carbocycles. The van der Waals surface area contributed by atoms with Crippen molar-refractivity contribution in [3.8, 4) is 0 Å². The minimum Gasteiger partial charge on any atom is -0.335 e. The lowest BCUT2D eigenvalue weighted by atomic mass is 10.2. The number of aromatic nitrogens is 3. The predicted octanol–water partition coefficient (Wildman–Crippen LogP) is 3.07. The van der Waals surface area contributed by atoms with Gasteiger partial charge in [-0.25, -0.2) is 0 Å². The normalized spacial score (nSPS) is 11.2. The number of hydrogen-bond acceptors (Lipinski definition) is 4. The van der Waals surface area contributed by atoms with E-state index in [1.165, 1.54) is 0 Å². The molecule has 1 aromatic carbocycles. The second-order valence-electron chi connectivity index (χ2n) is 5.15. The monoisotopic (exact) mass is 361 g/mol. The Morgan fingerprint density at radius 1 is 1.27 bits per heavy atom. The van der Waals surface area contributed by atoms with Gasteiger partial charge >= 0.3 is 0 Å². The van der Waals surface area contributed by atoms with Gasteiger partial charge in [-0.2, -0.15) is 4.98 Å². The quantitative estimate of drug-likeness (QED) is 0.655. The molecule has 6 heteroatoms. The van der Waals surface area contributed by atoms with Crippen molar-refractivity contribution in [1.82, 2.24) is 14.7 Å². The fraction of sp³-hybridized carbons (Fsp3) is 0.312. The number of benzene rings is 1. The molecule has 0 spiro atoms.